The van der Waals surface area contributed by atoms with E-state index in [1.807, 2.05) is 0 Å². The maximum absolute atomic E-state index is 11.9. The maximum atomic E-state index is 11.9. The monoisotopic (exact) mass is 253 g/mol. The summed E-state index contributed by atoms with van der Waals surface area (Å²) in [5, 5.41) is 9.58. The van der Waals surface area contributed by atoms with E-state index in [2.05, 4.69) is 13.2 Å². The van der Waals surface area contributed by atoms with Crippen LogP contribution in [0.1, 0.15) is 13.2 Å². The summed E-state index contributed by atoms with van der Waals surface area (Å²) >= 11 is 0. The van der Waals surface area contributed by atoms with Crippen molar-refractivity contribution in [3.05, 3.63) is 56.8 Å². The van der Waals surface area contributed by atoms with Gasteiger partial charge < -0.3 is 5.11 Å². The Morgan fingerprint density at radius 2 is 1.72 bits per heavy atom. The molecule has 1 aromatic rings. The average molecular weight is 253 g/mol. The molecule has 0 radical (unpaired) electrons. The first-order valence-electron chi connectivity index (χ1n) is 5.37. The van der Waals surface area contributed by atoms with Crippen molar-refractivity contribution in [2.24, 2.45) is 0 Å². The smallest absolute Gasteiger partial charge is 0.339 e. The van der Waals surface area contributed by atoms with Crippen LogP contribution in [-0.2, 0) is 13.1 Å². The minimum absolute atomic E-state index is 0.0399. The van der Waals surface area contributed by atoms with Gasteiger partial charge in [-0.15, -0.1) is 6.58 Å². The minimum atomic E-state index is -1.47. The largest absolute Gasteiger partial charge is 0.369 e. The van der Waals surface area contributed by atoms with Crippen molar-refractivity contribution in [2.45, 2.75) is 26.2 Å². The zero-order valence-electron chi connectivity index (χ0n) is 10.1. The summed E-state index contributed by atoms with van der Waals surface area (Å²) in [5.41, 5.74) is -2.47. The van der Waals surface area contributed by atoms with Crippen LogP contribution in [0.2, 0.25) is 0 Å². The van der Waals surface area contributed by atoms with Crippen molar-refractivity contribution in [1.29, 1.82) is 0 Å². The van der Waals surface area contributed by atoms with Gasteiger partial charge in [-0.25, -0.2) is 28.1 Å². The van der Waals surface area contributed by atoms with Crippen LogP contribution >= 0.6 is 0 Å². The van der Waals surface area contributed by atoms with Gasteiger partial charge in [0, 0.05) is 6.54 Å². The highest BCUT2D eigenvalue weighted by molar-refractivity contribution is 4.87. The number of rotatable bonds is 5. The highest BCUT2D eigenvalue weighted by Gasteiger charge is 2.17. The van der Waals surface area contributed by atoms with Crippen LogP contribution in [0.4, 0.5) is 0 Å². The predicted molar refractivity (Wildman–Crippen MR) is 66.5 cm³/mol. The van der Waals surface area contributed by atoms with Gasteiger partial charge in [-0.05, 0) is 13.0 Å². The van der Waals surface area contributed by atoms with E-state index in [-0.39, 0.29) is 13.1 Å². The first-order chi connectivity index (χ1) is 8.49. The van der Waals surface area contributed by atoms with Crippen LogP contribution in [0.15, 0.2) is 39.7 Å². The number of allylic oxidation sites excluding steroid dienone is 1. The van der Waals surface area contributed by atoms with Crippen molar-refractivity contribution >= 4 is 0 Å². The standard InChI is InChI=1S/C11H15N3O4/c1-4-7-13-9(16)12(6-3)10(17)14(11(13)18)8(15)5-2/h4-5,8,15H,1-2,6-7H2,3H3. The van der Waals surface area contributed by atoms with Gasteiger partial charge >= 0.3 is 17.1 Å². The molecule has 0 aliphatic heterocycles. The summed E-state index contributed by atoms with van der Waals surface area (Å²) in [7, 11) is 0. The number of nitrogens with zero attached hydrogens (tertiary/aromatic N) is 3. The molecule has 1 rings (SSSR count). The second kappa shape index (κ2) is 5.46. The fraction of sp³-hybridized carbons (Fsp3) is 0.364. The van der Waals surface area contributed by atoms with E-state index in [0.717, 1.165) is 15.2 Å². The highest BCUT2D eigenvalue weighted by Crippen LogP contribution is 1.93. The molecule has 0 saturated heterocycles. The molecule has 0 bridgehead atoms. The van der Waals surface area contributed by atoms with Crippen LogP contribution in [0.25, 0.3) is 0 Å². The average Bonchev–Trinajstić information content (AvgIpc) is 2.35. The molecule has 7 heteroatoms. The molecular weight excluding hydrogens is 238 g/mol. The fourth-order valence-corrected chi connectivity index (χ4v) is 1.54. The van der Waals surface area contributed by atoms with Crippen molar-refractivity contribution in [3.8, 4) is 0 Å². The maximum Gasteiger partial charge on any atom is 0.339 e. The molecule has 0 saturated carbocycles. The lowest BCUT2D eigenvalue weighted by Crippen LogP contribution is -2.55. The predicted octanol–water partition coefficient (Wildman–Crippen LogP) is -0.946. The minimum Gasteiger partial charge on any atom is -0.369 e. The number of aliphatic hydroxyl groups excluding tert-OH is 1. The summed E-state index contributed by atoms with van der Waals surface area (Å²) in [4.78, 5) is 35.7. The molecule has 1 aromatic heterocycles. The summed E-state index contributed by atoms with van der Waals surface area (Å²) in [6.07, 6.45) is 0.920. The van der Waals surface area contributed by atoms with E-state index < -0.39 is 23.3 Å². The molecule has 1 heterocycles. The van der Waals surface area contributed by atoms with E-state index in [9.17, 15) is 19.5 Å². The van der Waals surface area contributed by atoms with E-state index >= 15 is 0 Å². The van der Waals surface area contributed by atoms with E-state index in [1.165, 1.54) is 6.08 Å². The van der Waals surface area contributed by atoms with Gasteiger partial charge in [0.1, 0.15) is 0 Å². The zero-order chi connectivity index (χ0) is 13.9. The molecule has 18 heavy (non-hydrogen) atoms. The Labute approximate surface area is 103 Å². The molecule has 98 valence electrons. The van der Waals surface area contributed by atoms with Crippen LogP contribution in [0.3, 0.4) is 0 Å². The van der Waals surface area contributed by atoms with Gasteiger partial charge in [0.15, 0.2) is 6.23 Å². The van der Waals surface area contributed by atoms with Gasteiger partial charge in [-0.3, -0.25) is 0 Å². The number of aliphatic hydroxyl groups is 1. The molecule has 0 fully saturated rings. The summed E-state index contributed by atoms with van der Waals surface area (Å²) < 4.78 is 2.25. The summed E-state index contributed by atoms with van der Waals surface area (Å²) in [5.74, 6) is 0. The SMILES string of the molecule is C=CCn1c(=O)n(CC)c(=O)n(C(O)C=C)c1=O. The Balaban J connectivity index is 3.84. The third-order valence-electron chi connectivity index (χ3n) is 2.44. The molecular formula is C11H15N3O4. The normalized spacial score (nSPS) is 12.1. The number of aromatic nitrogens is 3. The van der Waals surface area contributed by atoms with Crippen LogP contribution in [0, 0.1) is 0 Å². The second-order valence-electron chi connectivity index (χ2n) is 3.51. The molecule has 7 nitrogen and oxygen atoms in total. The zero-order valence-corrected chi connectivity index (χ0v) is 10.1. The summed E-state index contributed by atoms with van der Waals surface area (Å²) in [6.45, 7) is 8.39. The third-order valence-corrected chi connectivity index (χ3v) is 2.44. The Kier molecular flexibility index (Phi) is 4.22. The Hall–Kier alpha value is -2.15. The van der Waals surface area contributed by atoms with Gasteiger partial charge in [0.05, 0.1) is 6.54 Å². The molecule has 0 aliphatic carbocycles. The first-order valence-corrected chi connectivity index (χ1v) is 5.37. The lowest BCUT2D eigenvalue weighted by Gasteiger charge is -2.13. The lowest BCUT2D eigenvalue weighted by atomic mass is 10.5. The molecule has 1 unspecified atom stereocenters. The Morgan fingerprint density at radius 1 is 1.17 bits per heavy atom. The number of hydrogen-bond acceptors (Lipinski definition) is 4. The fourth-order valence-electron chi connectivity index (χ4n) is 1.54. The molecule has 0 spiro atoms. The first kappa shape index (κ1) is 13.9. The second-order valence-corrected chi connectivity index (χ2v) is 3.51. The van der Waals surface area contributed by atoms with Gasteiger partial charge in [-0.2, -0.15) is 0 Å². The molecule has 1 atom stereocenters. The Bertz CT molecular complexity index is 635. The molecule has 0 amide bonds. The van der Waals surface area contributed by atoms with Crippen molar-refractivity contribution in [2.75, 3.05) is 0 Å². The van der Waals surface area contributed by atoms with Gasteiger partial charge in [0.2, 0.25) is 0 Å². The molecule has 0 aromatic carbocycles. The molecule has 1 N–H and O–H groups in total. The van der Waals surface area contributed by atoms with Crippen LogP contribution in [0.5, 0.6) is 0 Å². The van der Waals surface area contributed by atoms with Gasteiger partial charge in [0.25, 0.3) is 0 Å². The highest BCUT2D eigenvalue weighted by atomic mass is 16.3. The van der Waals surface area contributed by atoms with Gasteiger partial charge in [-0.1, -0.05) is 12.7 Å². The van der Waals surface area contributed by atoms with E-state index in [1.54, 1.807) is 6.92 Å². The van der Waals surface area contributed by atoms with Crippen LogP contribution < -0.4 is 17.1 Å². The topological polar surface area (TPSA) is 86.2 Å². The van der Waals surface area contributed by atoms with Crippen molar-refractivity contribution < 1.29 is 5.11 Å². The summed E-state index contributed by atoms with van der Waals surface area (Å²) in [6, 6.07) is 0. The van der Waals surface area contributed by atoms with Crippen molar-refractivity contribution in [1.82, 2.24) is 13.7 Å². The Morgan fingerprint density at radius 3 is 2.17 bits per heavy atom. The van der Waals surface area contributed by atoms with Crippen LogP contribution in [-0.4, -0.2) is 18.8 Å². The molecule has 0 aliphatic rings. The van der Waals surface area contributed by atoms with E-state index in [0.29, 0.717) is 4.57 Å². The lowest BCUT2D eigenvalue weighted by molar-refractivity contribution is 0.137. The van der Waals surface area contributed by atoms with E-state index in [4.69, 9.17) is 0 Å². The third kappa shape index (κ3) is 2.12. The quantitative estimate of drug-likeness (QED) is 0.686. The van der Waals surface area contributed by atoms with Crippen molar-refractivity contribution in [3.63, 3.8) is 0 Å². The number of hydrogen-bond donors (Lipinski definition) is 1.